The molecule has 0 spiro atoms. The molecule has 7 nitrogen and oxygen atoms in total. The van der Waals surface area contributed by atoms with Gasteiger partial charge < -0.3 is 23.5 Å². The van der Waals surface area contributed by atoms with E-state index in [0.717, 1.165) is 0 Å². The van der Waals surface area contributed by atoms with Crippen LogP contribution >= 0.6 is 0 Å². The average molecular weight is 342 g/mol. The molecule has 2 aromatic rings. The van der Waals surface area contributed by atoms with Crippen LogP contribution in [-0.4, -0.2) is 40.5 Å². The summed E-state index contributed by atoms with van der Waals surface area (Å²) in [7, 11) is 3.09. The van der Waals surface area contributed by atoms with Gasteiger partial charge in [0.2, 0.25) is 0 Å². The second-order valence-corrected chi connectivity index (χ2v) is 5.44. The van der Waals surface area contributed by atoms with Crippen molar-refractivity contribution in [2.75, 3.05) is 45.4 Å². The van der Waals surface area contributed by atoms with Gasteiger partial charge in [-0.15, -0.1) is 0 Å². The number of methoxy groups -OCH3 is 2. The lowest BCUT2D eigenvalue weighted by molar-refractivity contribution is 0.122. The maximum Gasteiger partial charge on any atom is 0.356 e. The van der Waals surface area contributed by atoms with Crippen molar-refractivity contribution in [2.45, 2.75) is 0 Å². The number of nitriles is 1. The zero-order chi connectivity index (χ0) is 17.8. The van der Waals surface area contributed by atoms with Gasteiger partial charge in [-0.05, 0) is 18.2 Å². The average Bonchev–Trinajstić information content (AvgIpc) is 2.67. The predicted octanol–water partition coefficient (Wildman–Crippen LogP) is 2.03. The van der Waals surface area contributed by atoms with Gasteiger partial charge in [-0.1, -0.05) is 0 Å². The highest BCUT2D eigenvalue weighted by Crippen LogP contribution is 2.35. The Morgan fingerprint density at radius 2 is 1.92 bits per heavy atom. The molecule has 1 aliphatic rings. The molecule has 0 saturated carbocycles. The maximum atomic E-state index is 12.3. The summed E-state index contributed by atoms with van der Waals surface area (Å²) in [4.78, 5) is 14.3. The first kappa shape index (κ1) is 16.9. The number of benzene rings is 1. The quantitative estimate of drug-likeness (QED) is 0.840. The van der Waals surface area contributed by atoms with E-state index in [1.165, 1.54) is 7.11 Å². The summed E-state index contributed by atoms with van der Waals surface area (Å²) in [6.07, 6.45) is 0. The van der Waals surface area contributed by atoms with Crippen molar-refractivity contribution in [1.29, 1.82) is 5.26 Å². The van der Waals surface area contributed by atoms with E-state index in [1.807, 2.05) is 11.0 Å². The molecule has 0 bridgehead atoms. The molecule has 0 atom stereocenters. The first-order chi connectivity index (χ1) is 12.2. The molecular weight excluding hydrogens is 324 g/mol. The number of nitrogens with zero attached hydrogens (tertiary/aromatic N) is 2. The molecule has 1 aromatic heterocycles. The van der Waals surface area contributed by atoms with Crippen molar-refractivity contribution in [2.24, 2.45) is 0 Å². The SMILES string of the molecule is COc1ccc(OC)c(-c2cc(N3CCOCC3)c(C#N)c(=O)o2)c1. The number of anilines is 1. The molecule has 0 aliphatic carbocycles. The monoisotopic (exact) mass is 342 g/mol. The van der Waals surface area contributed by atoms with Gasteiger partial charge in [-0.2, -0.15) is 5.26 Å². The number of rotatable bonds is 4. The molecule has 0 N–H and O–H groups in total. The van der Waals surface area contributed by atoms with E-state index in [2.05, 4.69) is 0 Å². The van der Waals surface area contributed by atoms with Crippen molar-refractivity contribution >= 4 is 5.69 Å². The minimum absolute atomic E-state index is 0.00693. The van der Waals surface area contributed by atoms with E-state index in [9.17, 15) is 10.1 Å². The van der Waals surface area contributed by atoms with E-state index in [1.54, 1.807) is 31.4 Å². The van der Waals surface area contributed by atoms with E-state index >= 15 is 0 Å². The fourth-order valence-corrected chi connectivity index (χ4v) is 2.78. The molecule has 1 saturated heterocycles. The Balaban J connectivity index is 2.16. The fraction of sp³-hybridized carbons (Fsp3) is 0.333. The van der Waals surface area contributed by atoms with Gasteiger partial charge in [0.1, 0.15) is 23.3 Å². The predicted molar refractivity (Wildman–Crippen MR) is 91.3 cm³/mol. The van der Waals surface area contributed by atoms with Crippen LogP contribution in [0, 0.1) is 11.3 Å². The van der Waals surface area contributed by atoms with Gasteiger partial charge in [0.25, 0.3) is 0 Å². The smallest absolute Gasteiger partial charge is 0.356 e. The van der Waals surface area contributed by atoms with E-state index in [4.69, 9.17) is 18.6 Å². The molecule has 1 aromatic carbocycles. The van der Waals surface area contributed by atoms with Gasteiger partial charge in [0.05, 0.1) is 38.7 Å². The molecule has 7 heteroatoms. The van der Waals surface area contributed by atoms with Crippen molar-refractivity contribution in [3.63, 3.8) is 0 Å². The Labute approximate surface area is 144 Å². The van der Waals surface area contributed by atoms with E-state index < -0.39 is 5.63 Å². The third-order valence-electron chi connectivity index (χ3n) is 4.07. The highest BCUT2D eigenvalue weighted by Gasteiger charge is 2.21. The van der Waals surface area contributed by atoms with Gasteiger partial charge in [0.15, 0.2) is 5.56 Å². The molecule has 25 heavy (non-hydrogen) atoms. The van der Waals surface area contributed by atoms with Crippen LogP contribution in [-0.2, 0) is 4.74 Å². The zero-order valence-corrected chi connectivity index (χ0v) is 14.1. The van der Waals surface area contributed by atoms with Crippen LogP contribution in [0.5, 0.6) is 11.5 Å². The molecular formula is C18H18N2O5. The van der Waals surface area contributed by atoms with Crippen LogP contribution in [0.3, 0.4) is 0 Å². The van der Waals surface area contributed by atoms with Crippen molar-refractivity contribution in [3.05, 3.63) is 40.2 Å². The molecule has 1 fully saturated rings. The van der Waals surface area contributed by atoms with Crippen molar-refractivity contribution in [1.82, 2.24) is 0 Å². The Morgan fingerprint density at radius 3 is 2.56 bits per heavy atom. The second-order valence-electron chi connectivity index (χ2n) is 5.44. The Kier molecular flexibility index (Phi) is 4.91. The molecule has 130 valence electrons. The van der Waals surface area contributed by atoms with E-state index in [0.29, 0.717) is 54.8 Å². The summed E-state index contributed by atoms with van der Waals surface area (Å²) >= 11 is 0. The van der Waals surface area contributed by atoms with Crippen LogP contribution in [0.4, 0.5) is 5.69 Å². The van der Waals surface area contributed by atoms with Crippen LogP contribution in [0.25, 0.3) is 11.3 Å². The summed E-state index contributed by atoms with van der Waals surface area (Å²) < 4.78 is 21.3. The Hall–Kier alpha value is -2.98. The van der Waals surface area contributed by atoms with Crippen molar-refractivity contribution in [3.8, 4) is 28.9 Å². The summed E-state index contributed by atoms with van der Waals surface area (Å²) in [5, 5.41) is 9.36. The normalized spacial score (nSPS) is 14.0. The minimum atomic E-state index is -0.675. The lowest BCUT2D eigenvalue weighted by Crippen LogP contribution is -2.37. The van der Waals surface area contributed by atoms with Crippen LogP contribution in [0.1, 0.15) is 5.56 Å². The first-order valence-corrected chi connectivity index (χ1v) is 7.81. The second kappa shape index (κ2) is 7.28. The molecule has 0 unspecified atom stereocenters. The van der Waals surface area contributed by atoms with Crippen LogP contribution < -0.4 is 20.0 Å². The highest BCUT2D eigenvalue weighted by atomic mass is 16.5. The lowest BCUT2D eigenvalue weighted by Gasteiger charge is -2.29. The third kappa shape index (κ3) is 3.30. The summed E-state index contributed by atoms with van der Waals surface area (Å²) in [5.41, 5.74) is 0.443. The van der Waals surface area contributed by atoms with Gasteiger partial charge in [-0.25, -0.2) is 4.79 Å². The number of ether oxygens (including phenoxy) is 3. The van der Waals surface area contributed by atoms with Gasteiger partial charge >= 0.3 is 5.63 Å². The van der Waals surface area contributed by atoms with Gasteiger partial charge in [0, 0.05) is 19.2 Å². The number of hydrogen-bond donors (Lipinski definition) is 0. The maximum absolute atomic E-state index is 12.3. The molecule has 1 aliphatic heterocycles. The lowest BCUT2D eigenvalue weighted by atomic mass is 10.1. The van der Waals surface area contributed by atoms with Gasteiger partial charge in [-0.3, -0.25) is 0 Å². The van der Waals surface area contributed by atoms with Crippen LogP contribution in [0.2, 0.25) is 0 Å². The largest absolute Gasteiger partial charge is 0.497 e. The van der Waals surface area contributed by atoms with Crippen molar-refractivity contribution < 1.29 is 18.6 Å². The Morgan fingerprint density at radius 1 is 1.16 bits per heavy atom. The highest BCUT2D eigenvalue weighted by molar-refractivity contribution is 5.72. The Bertz CT molecular complexity index is 863. The summed E-state index contributed by atoms with van der Waals surface area (Å²) in [6.45, 7) is 2.30. The van der Waals surface area contributed by atoms with Crippen LogP contribution in [0.15, 0.2) is 33.5 Å². The topological polar surface area (TPSA) is 84.9 Å². The first-order valence-electron chi connectivity index (χ1n) is 7.81. The molecule has 3 rings (SSSR count). The third-order valence-corrected chi connectivity index (χ3v) is 4.07. The standard InChI is InChI=1S/C18H18N2O5/c1-22-12-3-4-16(23-2)13(9-12)17-10-15(14(11-19)18(21)25-17)20-5-7-24-8-6-20/h3-4,9-10H,5-8H2,1-2H3. The zero-order valence-electron chi connectivity index (χ0n) is 14.1. The number of hydrogen-bond acceptors (Lipinski definition) is 7. The minimum Gasteiger partial charge on any atom is -0.497 e. The summed E-state index contributed by atoms with van der Waals surface area (Å²) in [5.74, 6) is 1.47. The summed E-state index contributed by atoms with van der Waals surface area (Å²) in [6, 6.07) is 8.87. The number of morpholine rings is 1. The molecule has 0 radical (unpaired) electrons. The van der Waals surface area contributed by atoms with E-state index in [-0.39, 0.29) is 5.56 Å². The fourth-order valence-electron chi connectivity index (χ4n) is 2.78. The molecule has 2 heterocycles. The molecule has 0 amide bonds.